The smallest absolute Gasteiger partial charge is 0.387 e. The molecule has 224 valence electrons. The quantitative estimate of drug-likeness (QED) is 0.144. The lowest BCUT2D eigenvalue weighted by molar-refractivity contribution is 0.276. The molecule has 0 N–H and O–H groups in total. The van der Waals surface area contributed by atoms with Crippen LogP contribution in [0.3, 0.4) is 0 Å². The number of benzene rings is 2. The molecule has 0 saturated heterocycles. The Morgan fingerprint density at radius 1 is 0.600 bits per heavy atom. The van der Waals surface area contributed by atoms with Crippen molar-refractivity contribution in [1.29, 1.82) is 0 Å². The number of unbranched alkanes of at least 4 members (excludes halogenated alkanes) is 5. The molecule has 0 aliphatic heterocycles. The number of fused-ring (bicyclic) bond motifs is 3. The highest BCUT2D eigenvalue weighted by Gasteiger charge is 2.17. The van der Waals surface area contributed by atoms with Crippen LogP contribution in [-0.4, -0.2) is 6.61 Å². The van der Waals surface area contributed by atoms with Crippen LogP contribution in [0.4, 0.5) is 0 Å². The first-order chi connectivity index (χ1) is 19.6. The lowest BCUT2D eigenvalue weighted by Crippen LogP contribution is -2.09. The molecule has 3 nitrogen and oxygen atoms in total. The summed E-state index contributed by atoms with van der Waals surface area (Å²) in [7, 11) is -1.53. The Balaban J connectivity index is 2.31. The van der Waals surface area contributed by atoms with Crippen molar-refractivity contribution in [2.75, 3.05) is 6.61 Å². The zero-order valence-electron chi connectivity index (χ0n) is 26.6. The summed E-state index contributed by atoms with van der Waals surface area (Å²) in [5.41, 5.74) is 7.51. The monoisotopic (exact) mass is 568 g/mol. The van der Waals surface area contributed by atoms with Crippen molar-refractivity contribution in [3.8, 4) is 0 Å². The Kier molecular flexibility index (Phi) is 14.7. The summed E-state index contributed by atoms with van der Waals surface area (Å²) < 4.78 is 20.2. The van der Waals surface area contributed by atoms with Gasteiger partial charge in [-0.15, -0.1) is 0 Å². The summed E-state index contributed by atoms with van der Waals surface area (Å²) in [4.78, 5) is 0. The summed E-state index contributed by atoms with van der Waals surface area (Å²) in [6.45, 7) is 14.3. The highest BCUT2D eigenvalue weighted by Crippen LogP contribution is 2.39. The normalized spacial score (nSPS) is 12.4. The summed E-state index contributed by atoms with van der Waals surface area (Å²) in [5.74, 6) is 0.545. The second kappa shape index (κ2) is 18.0. The van der Waals surface area contributed by atoms with Gasteiger partial charge in [-0.25, -0.2) is 0 Å². The average molecular weight is 569 g/mol. The van der Waals surface area contributed by atoms with Crippen molar-refractivity contribution < 1.29 is 12.9 Å². The van der Waals surface area contributed by atoms with Crippen molar-refractivity contribution in [2.45, 2.75) is 144 Å². The summed E-state index contributed by atoms with van der Waals surface area (Å²) >= 11 is 0. The third-order valence-corrected chi connectivity index (χ3v) is 9.29. The van der Waals surface area contributed by atoms with Gasteiger partial charge in [0, 0.05) is 10.8 Å². The molecule has 0 spiro atoms. The van der Waals surface area contributed by atoms with E-state index >= 15 is 0 Å². The molecule has 0 amide bonds. The van der Waals surface area contributed by atoms with Crippen LogP contribution in [0.25, 0.3) is 21.9 Å². The Hall–Kier alpha value is -1.70. The molecule has 0 aliphatic rings. The van der Waals surface area contributed by atoms with Crippen LogP contribution >= 0.6 is 8.24 Å². The fourth-order valence-corrected chi connectivity index (χ4v) is 6.77. The van der Waals surface area contributed by atoms with Gasteiger partial charge >= 0.3 is 8.24 Å². The Morgan fingerprint density at radius 2 is 1.05 bits per heavy atom. The van der Waals surface area contributed by atoms with Crippen LogP contribution in [0.5, 0.6) is 0 Å². The molecule has 2 aromatic carbocycles. The second-order valence-corrected chi connectivity index (χ2v) is 12.9. The molecule has 40 heavy (non-hydrogen) atoms. The zero-order chi connectivity index (χ0) is 28.7. The van der Waals surface area contributed by atoms with E-state index < -0.39 is 8.24 Å². The van der Waals surface area contributed by atoms with Gasteiger partial charge in [0.2, 0.25) is 0 Å². The number of aryl methyl sites for hydroxylation is 4. The maximum atomic E-state index is 6.83. The summed E-state index contributed by atoms with van der Waals surface area (Å²) in [6, 6.07) is 9.64. The van der Waals surface area contributed by atoms with Crippen molar-refractivity contribution >= 4 is 30.2 Å². The summed E-state index contributed by atoms with van der Waals surface area (Å²) in [5, 5.41) is 2.44. The van der Waals surface area contributed by atoms with E-state index in [1.54, 1.807) is 0 Å². The van der Waals surface area contributed by atoms with Crippen LogP contribution in [0, 0.1) is 5.92 Å². The highest BCUT2D eigenvalue weighted by atomic mass is 31.1. The molecule has 0 saturated carbocycles. The Morgan fingerprint density at radius 3 is 1.48 bits per heavy atom. The molecule has 1 heterocycles. The van der Waals surface area contributed by atoms with Crippen LogP contribution < -0.4 is 4.52 Å². The van der Waals surface area contributed by atoms with E-state index in [1.165, 1.54) is 90.8 Å². The largest absolute Gasteiger partial charge is 0.399 e. The van der Waals surface area contributed by atoms with Gasteiger partial charge < -0.3 is 8.39 Å². The van der Waals surface area contributed by atoms with E-state index in [4.69, 9.17) is 12.9 Å². The minimum atomic E-state index is -1.53. The van der Waals surface area contributed by atoms with Crippen molar-refractivity contribution in [3.63, 3.8) is 0 Å². The first-order valence-corrected chi connectivity index (χ1v) is 17.8. The molecule has 4 heteroatoms. The van der Waals surface area contributed by atoms with Gasteiger partial charge in [-0.2, -0.15) is 0 Å². The second-order valence-electron chi connectivity index (χ2n) is 11.8. The first-order valence-electron chi connectivity index (χ1n) is 16.7. The number of hydrogen-bond acceptors (Lipinski definition) is 3. The fourth-order valence-electron chi connectivity index (χ4n) is 5.57. The highest BCUT2D eigenvalue weighted by molar-refractivity contribution is 7.31. The predicted octanol–water partition coefficient (Wildman–Crippen LogP) is 12.3. The van der Waals surface area contributed by atoms with Gasteiger partial charge in [-0.1, -0.05) is 98.6 Å². The first kappa shape index (κ1) is 32.8. The molecule has 3 rings (SSSR count). The standard InChI is InChI=1S/C36H57O3P/c1-7-13-18-28(12-6)27-37-40-38-35-31(21-16-10-4)23-29(19-14-8-2)25-33(35)34-26-30(20-15-9-3)24-32(22-17-11-5)36(34)39-40/h23-26,28H,7-22,27H2,1-6H3. The van der Waals surface area contributed by atoms with E-state index in [1.807, 2.05) is 0 Å². The Labute approximate surface area is 246 Å². The van der Waals surface area contributed by atoms with Crippen molar-refractivity contribution in [2.24, 2.45) is 5.92 Å². The fraction of sp³-hybridized carbons (Fsp3) is 0.667. The molecule has 0 radical (unpaired) electrons. The van der Waals surface area contributed by atoms with E-state index in [9.17, 15) is 0 Å². The number of hydrogen-bond donors (Lipinski definition) is 0. The predicted molar refractivity (Wildman–Crippen MR) is 176 cm³/mol. The molecular weight excluding hydrogens is 511 g/mol. The maximum absolute atomic E-state index is 6.83. The summed E-state index contributed by atoms with van der Waals surface area (Å²) in [6.07, 6.45) is 18.6. The van der Waals surface area contributed by atoms with E-state index in [2.05, 4.69) is 65.8 Å². The number of rotatable bonds is 19. The zero-order valence-corrected chi connectivity index (χ0v) is 27.5. The molecule has 0 bridgehead atoms. The lowest BCUT2D eigenvalue weighted by atomic mass is 9.94. The van der Waals surface area contributed by atoms with Crippen LogP contribution in [0.2, 0.25) is 0 Å². The third kappa shape index (κ3) is 9.42. The minimum Gasteiger partial charge on any atom is -0.399 e. The molecule has 3 aromatic rings. The van der Waals surface area contributed by atoms with E-state index in [0.29, 0.717) is 12.5 Å². The Bertz CT molecular complexity index is 1110. The molecule has 0 fully saturated rings. The van der Waals surface area contributed by atoms with E-state index in [-0.39, 0.29) is 0 Å². The van der Waals surface area contributed by atoms with Gasteiger partial charge in [0.05, 0.1) is 6.61 Å². The maximum Gasteiger partial charge on any atom is 0.387 e. The molecule has 1 unspecified atom stereocenters. The van der Waals surface area contributed by atoms with Crippen LogP contribution in [-0.2, 0) is 25.7 Å². The average Bonchev–Trinajstić information content (AvgIpc) is 3.13. The van der Waals surface area contributed by atoms with Crippen molar-refractivity contribution in [1.82, 2.24) is 0 Å². The van der Waals surface area contributed by atoms with Gasteiger partial charge in [0.15, 0.2) is 0 Å². The third-order valence-electron chi connectivity index (χ3n) is 8.27. The molecular formula is C36H57O3P. The van der Waals surface area contributed by atoms with Crippen LogP contribution in [0.1, 0.15) is 141 Å². The van der Waals surface area contributed by atoms with Gasteiger partial charge in [0.1, 0.15) is 11.2 Å². The topological polar surface area (TPSA) is 35.5 Å². The van der Waals surface area contributed by atoms with Crippen LogP contribution in [0.15, 0.2) is 32.7 Å². The SMILES string of the molecule is CCCCc1cc(CCCC)c2op(OCC(CC)CCCC)oc3c(CCCC)cc(CCCC)cc3c2c1. The molecule has 0 aliphatic carbocycles. The van der Waals surface area contributed by atoms with Gasteiger partial charge in [-0.05, 0) is 98.1 Å². The minimum absolute atomic E-state index is 0.545. The molecule has 1 atom stereocenters. The molecule has 1 aromatic heterocycles. The van der Waals surface area contributed by atoms with Crippen molar-refractivity contribution in [3.05, 3.63) is 46.5 Å². The van der Waals surface area contributed by atoms with Gasteiger partial charge in [-0.3, -0.25) is 4.52 Å². The lowest BCUT2D eigenvalue weighted by Gasteiger charge is -2.13. The van der Waals surface area contributed by atoms with Gasteiger partial charge in [0.25, 0.3) is 0 Å². The van der Waals surface area contributed by atoms with E-state index in [0.717, 1.165) is 56.1 Å².